The molecule has 1 N–H and O–H groups in total. The molecule has 1 saturated heterocycles. The summed E-state index contributed by atoms with van der Waals surface area (Å²) in [6.45, 7) is 1.81. The van der Waals surface area contributed by atoms with Crippen molar-refractivity contribution >= 4 is 28.4 Å². The van der Waals surface area contributed by atoms with E-state index in [0.717, 1.165) is 49.3 Å². The fraction of sp³-hybridized carbons (Fsp3) is 0.500. The summed E-state index contributed by atoms with van der Waals surface area (Å²) < 4.78 is 0. The molecule has 0 spiro atoms. The van der Waals surface area contributed by atoms with Gasteiger partial charge in [-0.05, 0) is 49.3 Å². The number of carbonyl (C=O) groups excluding carboxylic acids is 1. The van der Waals surface area contributed by atoms with Crippen molar-refractivity contribution in [1.82, 2.24) is 9.88 Å². The van der Waals surface area contributed by atoms with Crippen LogP contribution in [0.15, 0.2) is 24.4 Å². The number of fused-ring (bicyclic) bond motifs is 1. The summed E-state index contributed by atoms with van der Waals surface area (Å²) in [5.74, 6) is 1.27. The van der Waals surface area contributed by atoms with Crippen molar-refractivity contribution in [2.45, 2.75) is 38.0 Å². The third kappa shape index (κ3) is 2.41. The first-order valence-electron chi connectivity index (χ1n) is 8.27. The molecule has 2 heterocycles. The molecule has 0 radical (unpaired) electrons. The van der Waals surface area contributed by atoms with Crippen LogP contribution < -0.4 is 0 Å². The molecule has 1 aromatic carbocycles. The lowest BCUT2D eigenvalue weighted by Crippen LogP contribution is -2.43. The van der Waals surface area contributed by atoms with Gasteiger partial charge < -0.3 is 9.88 Å². The SMILES string of the molecule is O=C(C1CCC1)N1CCC(c2c[nH]c3cc(Cl)ccc23)CC1. The van der Waals surface area contributed by atoms with Gasteiger partial charge in [-0.3, -0.25) is 4.79 Å². The van der Waals surface area contributed by atoms with E-state index in [9.17, 15) is 4.79 Å². The van der Waals surface area contributed by atoms with Crippen LogP contribution in [0.2, 0.25) is 5.02 Å². The highest BCUT2D eigenvalue weighted by Crippen LogP contribution is 2.35. The molecule has 4 rings (SSSR count). The summed E-state index contributed by atoms with van der Waals surface area (Å²) in [4.78, 5) is 17.7. The van der Waals surface area contributed by atoms with E-state index in [1.165, 1.54) is 17.4 Å². The number of nitrogens with zero attached hydrogens (tertiary/aromatic N) is 1. The molecule has 1 amide bonds. The maximum atomic E-state index is 12.3. The Balaban J connectivity index is 1.47. The van der Waals surface area contributed by atoms with Gasteiger partial charge in [0.1, 0.15) is 0 Å². The van der Waals surface area contributed by atoms with Gasteiger partial charge in [0.15, 0.2) is 0 Å². The minimum Gasteiger partial charge on any atom is -0.361 e. The molecule has 0 bridgehead atoms. The predicted octanol–water partition coefficient (Wildman–Crippen LogP) is 4.33. The van der Waals surface area contributed by atoms with Crippen LogP contribution in [0.3, 0.4) is 0 Å². The highest BCUT2D eigenvalue weighted by Gasteiger charge is 2.32. The topological polar surface area (TPSA) is 36.1 Å². The Labute approximate surface area is 135 Å². The van der Waals surface area contributed by atoms with Crippen LogP contribution in [-0.4, -0.2) is 28.9 Å². The average molecular weight is 317 g/mol. The van der Waals surface area contributed by atoms with Crippen molar-refractivity contribution < 1.29 is 4.79 Å². The third-order valence-corrected chi connectivity index (χ3v) is 5.61. The predicted molar refractivity (Wildman–Crippen MR) is 89.2 cm³/mol. The molecule has 1 aliphatic heterocycles. The number of likely N-dealkylation sites (tertiary alicyclic amines) is 1. The number of aromatic nitrogens is 1. The number of nitrogens with one attached hydrogen (secondary N) is 1. The number of piperidine rings is 1. The van der Waals surface area contributed by atoms with Crippen LogP contribution in [0.25, 0.3) is 10.9 Å². The Morgan fingerprint density at radius 1 is 1.18 bits per heavy atom. The average Bonchev–Trinajstić information content (AvgIpc) is 2.88. The first-order valence-corrected chi connectivity index (χ1v) is 8.65. The Morgan fingerprint density at radius 2 is 1.95 bits per heavy atom. The van der Waals surface area contributed by atoms with Crippen LogP contribution in [-0.2, 0) is 4.79 Å². The first kappa shape index (κ1) is 14.1. The normalized spacial score (nSPS) is 20.3. The maximum Gasteiger partial charge on any atom is 0.225 e. The van der Waals surface area contributed by atoms with E-state index in [0.29, 0.717) is 17.7 Å². The summed E-state index contributed by atoms with van der Waals surface area (Å²) in [5.41, 5.74) is 2.48. The van der Waals surface area contributed by atoms with Crippen LogP contribution in [0.4, 0.5) is 0 Å². The Bertz CT molecular complexity index is 696. The lowest BCUT2D eigenvalue weighted by molar-refractivity contribution is -0.139. The van der Waals surface area contributed by atoms with Crippen molar-refractivity contribution in [3.05, 3.63) is 35.0 Å². The largest absolute Gasteiger partial charge is 0.361 e. The molecule has 3 nitrogen and oxygen atoms in total. The van der Waals surface area contributed by atoms with E-state index in [-0.39, 0.29) is 0 Å². The van der Waals surface area contributed by atoms with Crippen molar-refractivity contribution in [1.29, 1.82) is 0 Å². The lowest BCUT2D eigenvalue weighted by atomic mass is 9.83. The van der Waals surface area contributed by atoms with Gasteiger partial charge in [-0.1, -0.05) is 24.1 Å². The van der Waals surface area contributed by atoms with Crippen molar-refractivity contribution in [3.8, 4) is 0 Å². The molecule has 1 saturated carbocycles. The van der Waals surface area contributed by atoms with Crippen LogP contribution in [0, 0.1) is 5.92 Å². The highest BCUT2D eigenvalue weighted by atomic mass is 35.5. The molecule has 4 heteroatoms. The molecular weight excluding hydrogens is 296 g/mol. The zero-order chi connectivity index (χ0) is 15.1. The minimum absolute atomic E-state index is 0.326. The van der Waals surface area contributed by atoms with Crippen molar-refractivity contribution in [2.24, 2.45) is 5.92 Å². The first-order chi connectivity index (χ1) is 10.7. The van der Waals surface area contributed by atoms with E-state index < -0.39 is 0 Å². The fourth-order valence-electron chi connectivity index (χ4n) is 3.78. The van der Waals surface area contributed by atoms with Crippen LogP contribution in [0.1, 0.15) is 43.6 Å². The number of H-pyrrole nitrogens is 1. The Kier molecular flexibility index (Phi) is 3.61. The number of amides is 1. The second-order valence-corrected chi connectivity index (χ2v) is 7.10. The van der Waals surface area contributed by atoms with E-state index in [1.54, 1.807) is 0 Å². The standard InChI is InChI=1S/C18H21ClN2O/c19-14-4-5-15-16(11-20-17(15)10-14)12-6-8-21(9-7-12)18(22)13-2-1-3-13/h4-5,10-13,20H,1-3,6-9H2. The number of halogens is 1. The maximum absolute atomic E-state index is 12.3. The zero-order valence-corrected chi connectivity index (χ0v) is 13.4. The van der Waals surface area contributed by atoms with Gasteiger partial charge in [0.05, 0.1) is 0 Å². The van der Waals surface area contributed by atoms with Crippen molar-refractivity contribution in [3.63, 3.8) is 0 Å². The second kappa shape index (κ2) is 5.62. The molecule has 2 aliphatic rings. The van der Waals surface area contributed by atoms with Crippen LogP contribution >= 0.6 is 11.6 Å². The zero-order valence-electron chi connectivity index (χ0n) is 12.6. The molecule has 2 aromatic rings. The summed E-state index contributed by atoms with van der Waals surface area (Å²) in [5, 5.41) is 2.04. The highest BCUT2D eigenvalue weighted by molar-refractivity contribution is 6.31. The van der Waals surface area contributed by atoms with E-state index in [4.69, 9.17) is 11.6 Å². The Morgan fingerprint density at radius 3 is 2.64 bits per heavy atom. The fourth-order valence-corrected chi connectivity index (χ4v) is 3.96. The molecule has 0 unspecified atom stereocenters. The number of hydrogen-bond acceptors (Lipinski definition) is 1. The van der Waals surface area contributed by atoms with E-state index in [1.807, 2.05) is 12.1 Å². The Hall–Kier alpha value is -1.48. The quantitative estimate of drug-likeness (QED) is 0.879. The minimum atomic E-state index is 0.326. The lowest BCUT2D eigenvalue weighted by Gasteiger charge is -2.36. The molecule has 22 heavy (non-hydrogen) atoms. The molecule has 0 atom stereocenters. The molecule has 1 aliphatic carbocycles. The molecule has 1 aromatic heterocycles. The number of aromatic amines is 1. The van der Waals surface area contributed by atoms with E-state index in [2.05, 4.69) is 22.1 Å². The number of rotatable bonds is 2. The number of hydrogen-bond donors (Lipinski definition) is 1. The number of carbonyl (C=O) groups is 1. The second-order valence-electron chi connectivity index (χ2n) is 6.66. The summed E-state index contributed by atoms with van der Waals surface area (Å²) in [7, 11) is 0. The summed E-state index contributed by atoms with van der Waals surface area (Å²) in [6, 6.07) is 6.04. The summed E-state index contributed by atoms with van der Waals surface area (Å²) >= 11 is 6.05. The van der Waals surface area contributed by atoms with Gasteiger partial charge in [-0.2, -0.15) is 0 Å². The van der Waals surface area contributed by atoms with E-state index >= 15 is 0 Å². The van der Waals surface area contributed by atoms with Gasteiger partial charge in [0.2, 0.25) is 5.91 Å². The molecule has 116 valence electrons. The third-order valence-electron chi connectivity index (χ3n) is 5.38. The monoisotopic (exact) mass is 316 g/mol. The smallest absolute Gasteiger partial charge is 0.225 e. The summed E-state index contributed by atoms with van der Waals surface area (Å²) in [6.07, 6.45) is 7.67. The van der Waals surface area contributed by atoms with Crippen molar-refractivity contribution in [2.75, 3.05) is 13.1 Å². The van der Waals surface area contributed by atoms with Gasteiger partial charge in [-0.25, -0.2) is 0 Å². The van der Waals surface area contributed by atoms with Gasteiger partial charge in [0, 0.05) is 41.1 Å². The van der Waals surface area contributed by atoms with Gasteiger partial charge in [-0.15, -0.1) is 0 Å². The molecule has 2 fully saturated rings. The van der Waals surface area contributed by atoms with Crippen LogP contribution in [0.5, 0.6) is 0 Å². The van der Waals surface area contributed by atoms with Gasteiger partial charge in [0.25, 0.3) is 0 Å². The number of benzene rings is 1. The van der Waals surface area contributed by atoms with Gasteiger partial charge >= 0.3 is 0 Å². The molecular formula is C18H21ClN2O.